The molecular formula is C18H22N4O2S. The molecule has 1 aliphatic carbocycles. The van der Waals surface area contributed by atoms with Crippen molar-refractivity contribution in [3.8, 4) is 0 Å². The number of anilines is 1. The highest BCUT2D eigenvalue weighted by Crippen LogP contribution is 2.36. The van der Waals surface area contributed by atoms with Crippen LogP contribution >= 0.6 is 11.3 Å². The number of carbonyl (C=O) groups is 1. The van der Waals surface area contributed by atoms with E-state index in [0.717, 1.165) is 42.9 Å². The Kier molecular flexibility index (Phi) is 4.67. The highest BCUT2D eigenvalue weighted by molar-refractivity contribution is 7.08. The molecule has 2 N–H and O–H groups in total. The summed E-state index contributed by atoms with van der Waals surface area (Å²) < 4.78 is 0. The van der Waals surface area contributed by atoms with Crippen molar-refractivity contribution in [2.45, 2.75) is 43.7 Å². The second-order valence-electron chi connectivity index (χ2n) is 6.93. The molecule has 132 valence electrons. The molecule has 2 aromatic rings. The third-order valence-electron chi connectivity index (χ3n) is 5.03. The summed E-state index contributed by atoms with van der Waals surface area (Å²) in [6, 6.07) is 4.26. The van der Waals surface area contributed by atoms with Gasteiger partial charge in [-0.15, -0.1) is 0 Å². The summed E-state index contributed by atoms with van der Waals surface area (Å²) in [5.74, 6) is 1.36. The molecule has 2 aromatic heterocycles. The smallest absolute Gasteiger partial charge is 0.224 e. The summed E-state index contributed by atoms with van der Waals surface area (Å²) in [5, 5.41) is 16.8. The van der Waals surface area contributed by atoms with Crippen molar-refractivity contribution >= 4 is 23.1 Å². The molecule has 4 rings (SSSR count). The van der Waals surface area contributed by atoms with Gasteiger partial charge in [-0.25, -0.2) is 9.97 Å². The highest BCUT2D eigenvalue weighted by Gasteiger charge is 2.33. The predicted octanol–water partition coefficient (Wildman–Crippen LogP) is 1.71. The van der Waals surface area contributed by atoms with Crippen LogP contribution in [0.25, 0.3) is 0 Å². The normalized spacial score (nSPS) is 25.6. The average Bonchev–Trinajstić information content (AvgIpc) is 3.22. The second-order valence-corrected chi connectivity index (χ2v) is 7.71. The summed E-state index contributed by atoms with van der Waals surface area (Å²) >= 11 is 1.62. The van der Waals surface area contributed by atoms with Gasteiger partial charge in [0.25, 0.3) is 0 Å². The van der Waals surface area contributed by atoms with Crippen molar-refractivity contribution < 1.29 is 9.90 Å². The van der Waals surface area contributed by atoms with Gasteiger partial charge >= 0.3 is 0 Å². The maximum atomic E-state index is 12.1. The zero-order valence-electron chi connectivity index (χ0n) is 14.0. The Hall–Kier alpha value is -1.99. The quantitative estimate of drug-likeness (QED) is 0.851. The van der Waals surface area contributed by atoms with Gasteiger partial charge in [-0.1, -0.05) is 0 Å². The lowest BCUT2D eigenvalue weighted by atomic mass is 9.78. The summed E-state index contributed by atoms with van der Waals surface area (Å²) in [7, 11) is 0. The third-order valence-corrected chi connectivity index (χ3v) is 5.76. The molecule has 0 aromatic carbocycles. The van der Waals surface area contributed by atoms with Gasteiger partial charge in [0.2, 0.25) is 5.91 Å². The molecule has 2 fully saturated rings. The summed E-state index contributed by atoms with van der Waals surface area (Å²) in [6.07, 6.45) is 4.45. The van der Waals surface area contributed by atoms with Crippen LogP contribution in [0.15, 0.2) is 29.2 Å². The molecular weight excluding hydrogens is 336 g/mol. The van der Waals surface area contributed by atoms with Gasteiger partial charge in [-0.05, 0) is 41.7 Å². The molecule has 1 atom stereocenters. The van der Waals surface area contributed by atoms with E-state index >= 15 is 0 Å². The van der Waals surface area contributed by atoms with Crippen molar-refractivity contribution in [3.05, 3.63) is 40.5 Å². The summed E-state index contributed by atoms with van der Waals surface area (Å²) in [6.45, 7) is 1.48. The Morgan fingerprint density at radius 2 is 2.28 bits per heavy atom. The molecule has 0 spiro atoms. The zero-order chi connectivity index (χ0) is 17.2. The average molecular weight is 358 g/mol. The first kappa shape index (κ1) is 16.5. The van der Waals surface area contributed by atoms with E-state index in [0.29, 0.717) is 18.9 Å². The largest absolute Gasteiger partial charge is 0.391 e. The first-order valence-electron chi connectivity index (χ1n) is 8.73. The Bertz CT molecular complexity index is 730. The molecule has 6 nitrogen and oxygen atoms in total. The highest BCUT2D eigenvalue weighted by atomic mass is 32.1. The van der Waals surface area contributed by atoms with Gasteiger partial charge in [-0.2, -0.15) is 11.3 Å². The number of aromatic nitrogens is 2. The Morgan fingerprint density at radius 1 is 1.40 bits per heavy atom. The monoisotopic (exact) mass is 358 g/mol. The molecule has 2 aliphatic rings. The number of nitrogens with one attached hydrogen (secondary N) is 1. The molecule has 1 saturated heterocycles. The maximum Gasteiger partial charge on any atom is 0.224 e. The van der Waals surface area contributed by atoms with E-state index < -0.39 is 0 Å². The van der Waals surface area contributed by atoms with Crippen molar-refractivity contribution in [3.63, 3.8) is 0 Å². The minimum Gasteiger partial charge on any atom is -0.391 e. The van der Waals surface area contributed by atoms with E-state index in [1.54, 1.807) is 17.7 Å². The number of hydrogen-bond acceptors (Lipinski definition) is 6. The summed E-state index contributed by atoms with van der Waals surface area (Å²) in [5.41, 5.74) is 2.11. The van der Waals surface area contributed by atoms with Gasteiger partial charge in [0, 0.05) is 36.8 Å². The van der Waals surface area contributed by atoms with E-state index in [4.69, 9.17) is 0 Å². The number of carbonyl (C=O) groups excluding carboxylic acids is 1. The predicted molar refractivity (Wildman–Crippen MR) is 96.8 cm³/mol. The summed E-state index contributed by atoms with van der Waals surface area (Å²) in [4.78, 5) is 22.9. The second kappa shape index (κ2) is 7.09. The number of rotatable bonds is 5. The number of aliphatic hydroxyl groups excluding tert-OH is 1. The first-order valence-corrected chi connectivity index (χ1v) is 9.67. The van der Waals surface area contributed by atoms with Crippen LogP contribution in [0.5, 0.6) is 0 Å². The topological polar surface area (TPSA) is 78.4 Å². The fourth-order valence-corrected chi connectivity index (χ4v) is 4.21. The molecule has 0 unspecified atom stereocenters. The van der Waals surface area contributed by atoms with Crippen LogP contribution in [-0.4, -0.2) is 46.2 Å². The number of thiophene rings is 1. The van der Waals surface area contributed by atoms with Gasteiger partial charge in [0.05, 0.1) is 12.5 Å². The van der Waals surface area contributed by atoms with Crippen LogP contribution in [0.1, 0.15) is 36.4 Å². The van der Waals surface area contributed by atoms with Crippen molar-refractivity contribution in [1.29, 1.82) is 0 Å². The first-order chi connectivity index (χ1) is 12.2. The van der Waals surface area contributed by atoms with Crippen LogP contribution in [0.2, 0.25) is 0 Å². The van der Waals surface area contributed by atoms with Crippen molar-refractivity contribution in [2.75, 3.05) is 18.0 Å². The Morgan fingerprint density at radius 3 is 3.00 bits per heavy atom. The fraction of sp³-hybridized carbons (Fsp3) is 0.500. The molecule has 7 heteroatoms. The molecule has 0 radical (unpaired) electrons. The van der Waals surface area contributed by atoms with Crippen molar-refractivity contribution in [1.82, 2.24) is 15.3 Å². The third kappa shape index (κ3) is 3.82. The van der Waals surface area contributed by atoms with Gasteiger partial charge in [-0.3, -0.25) is 4.79 Å². The van der Waals surface area contributed by atoms with E-state index in [1.165, 1.54) is 0 Å². The molecule has 1 amide bonds. The van der Waals surface area contributed by atoms with Gasteiger partial charge in [0.15, 0.2) is 0 Å². The standard InChI is InChI=1S/C18H22N4O2S/c23-15-1-3-22(9-15)17-8-16(19-11-20-17)13-6-14(7-13)21-18(24)5-12-2-4-25-10-12/h2,4,8,10-11,13-15,23H,1,3,5-7,9H2,(H,21,24)/t13?,14?,15-/m1/s1. The fourth-order valence-electron chi connectivity index (χ4n) is 3.54. The van der Waals surface area contributed by atoms with E-state index in [9.17, 15) is 9.90 Å². The van der Waals surface area contributed by atoms with E-state index in [-0.39, 0.29) is 18.1 Å². The SMILES string of the molecule is O=C(Cc1ccsc1)NC1CC(c2cc(N3CC[C@@H](O)C3)ncn2)C1. The lowest BCUT2D eigenvalue weighted by Gasteiger charge is -2.35. The van der Waals surface area contributed by atoms with Crippen LogP contribution in [-0.2, 0) is 11.2 Å². The van der Waals surface area contributed by atoms with Crippen LogP contribution in [0.4, 0.5) is 5.82 Å². The van der Waals surface area contributed by atoms with Crippen LogP contribution in [0, 0.1) is 0 Å². The molecule has 0 bridgehead atoms. The Balaban J connectivity index is 1.29. The molecule has 1 aliphatic heterocycles. The number of amides is 1. The van der Waals surface area contributed by atoms with E-state index in [1.807, 2.05) is 22.9 Å². The minimum atomic E-state index is -0.259. The lowest BCUT2D eigenvalue weighted by molar-refractivity contribution is -0.121. The number of nitrogens with zero attached hydrogens (tertiary/aromatic N) is 3. The molecule has 25 heavy (non-hydrogen) atoms. The van der Waals surface area contributed by atoms with Crippen LogP contribution in [0.3, 0.4) is 0 Å². The van der Waals surface area contributed by atoms with Crippen LogP contribution < -0.4 is 10.2 Å². The molecule has 3 heterocycles. The van der Waals surface area contributed by atoms with Gasteiger partial charge < -0.3 is 15.3 Å². The zero-order valence-corrected chi connectivity index (χ0v) is 14.8. The van der Waals surface area contributed by atoms with Crippen molar-refractivity contribution in [2.24, 2.45) is 0 Å². The molecule has 1 saturated carbocycles. The maximum absolute atomic E-state index is 12.1. The number of β-amino-alcohol motifs (C(OH)–C–C–N with tert-alkyl or cyclic N) is 1. The number of aliphatic hydroxyl groups is 1. The lowest BCUT2D eigenvalue weighted by Crippen LogP contribution is -2.44. The Labute approximate surface area is 150 Å². The van der Waals surface area contributed by atoms with E-state index in [2.05, 4.69) is 20.2 Å². The van der Waals surface area contributed by atoms with Gasteiger partial charge in [0.1, 0.15) is 12.1 Å². The minimum absolute atomic E-state index is 0.0938. The number of hydrogen-bond donors (Lipinski definition) is 2.